The molecule has 1 aromatic heterocycles. The van der Waals surface area contributed by atoms with E-state index >= 15 is 0 Å². The third-order valence-corrected chi connectivity index (χ3v) is 12.3. The second-order valence-corrected chi connectivity index (χ2v) is 15.4. The highest BCUT2D eigenvalue weighted by Crippen LogP contribution is 2.63. The van der Waals surface area contributed by atoms with Gasteiger partial charge in [0.15, 0.2) is 17.5 Å². The Labute approximate surface area is 336 Å². The molecule has 8 aromatic carbocycles. The molecule has 0 radical (unpaired) electrons. The topological polar surface area (TPSA) is 47.9 Å². The van der Waals surface area contributed by atoms with E-state index < -0.39 is 5.41 Å². The molecule has 272 valence electrons. The Bertz CT molecular complexity index is 3100. The zero-order valence-electron chi connectivity index (χ0n) is 31.6. The first kappa shape index (κ1) is 32.8. The van der Waals surface area contributed by atoms with E-state index in [1.54, 1.807) is 0 Å². The number of nitrogens with zero attached hydrogens (tertiary/aromatic N) is 3. The Kier molecular flexibility index (Phi) is 7.24. The lowest BCUT2D eigenvalue weighted by atomic mass is 9.65. The van der Waals surface area contributed by atoms with Gasteiger partial charge in [-0.2, -0.15) is 0 Å². The molecule has 9 aromatic rings. The van der Waals surface area contributed by atoms with Crippen LogP contribution in [-0.2, 0) is 11.8 Å². The van der Waals surface area contributed by atoms with Crippen LogP contribution in [0.25, 0.3) is 67.5 Å². The molecule has 2 heterocycles. The van der Waals surface area contributed by atoms with Crippen molar-refractivity contribution in [3.8, 4) is 56.5 Å². The first-order chi connectivity index (χ1) is 28.7. The van der Waals surface area contributed by atoms with E-state index in [1.807, 2.05) is 18.2 Å². The normalized spacial score (nSPS) is 14.1. The molecule has 58 heavy (non-hydrogen) atoms. The van der Waals surface area contributed by atoms with Gasteiger partial charge < -0.3 is 4.74 Å². The fraction of sp³-hybridized carbons (Fsp3) is 0.0556. The van der Waals surface area contributed by atoms with Crippen LogP contribution in [0.1, 0.15) is 45.6 Å². The van der Waals surface area contributed by atoms with Crippen molar-refractivity contribution in [2.24, 2.45) is 0 Å². The standard InChI is InChI=1S/C54H35N3O/c1-2-14-36(15-3-1)51-55-52(57-53(56-51)39-31-32-41-38(33-39)30-27-34-13-4-5-16-40(34)41)37-28-25-35(26-29-37)42-19-12-23-48-50(42)58-49-24-11-10-22-47(49)54(48)45-20-8-6-17-43(45)44-18-7-9-21-46(44)54/h1-30,33H,31-32H2. The highest BCUT2D eigenvalue weighted by atomic mass is 16.5. The quantitative estimate of drug-likeness (QED) is 0.180. The number of hydrogen-bond acceptors (Lipinski definition) is 4. The minimum absolute atomic E-state index is 0.510. The molecular weight excluding hydrogens is 707 g/mol. The van der Waals surface area contributed by atoms with Crippen molar-refractivity contribution in [2.45, 2.75) is 18.3 Å². The summed E-state index contributed by atoms with van der Waals surface area (Å²) in [6.45, 7) is 0. The Morgan fingerprint density at radius 1 is 0.414 bits per heavy atom. The van der Waals surface area contributed by atoms with Crippen molar-refractivity contribution in [1.82, 2.24) is 15.0 Å². The van der Waals surface area contributed by atoms with Crippen LogP contribution in [0.3, 0.4) is 0 Å². The van der Waals surface area contributed by atoms with E-state index in [0.717, 1.165) is 69.1 Å². The number of allylic oxidation sites excluding steroid dienone is 1. The summed E-state index contributed by atoms with van der Waals surface area (Å²) < 4.78 is 6.95. The van der Waals surface area contributed by atoms with Crippen molar-refractivity contribution in [3.05, 3.63) is 221 Å². The number of ether oxygens (including phenoxy) is 1. The highest BCUT2D eigenvalue weighted by molar-refractivity contribution is 5.94. The van der Waals surface area contributed by atoms with Gasteiger partial charge in [-0.25, -0.2) is 15.0 Å². The fourth-order valence-corrected chi connectivity index (χ4v) is 9.73. The Morgan fingerprint density at radius 2 is 1.00 bits per heavy atom. The minimum Gasteiger partial charge on any atom is -0.456 e. The van der Waals surface area contributed by atoms with Crippen LogP contribution in [0.4, 0.5) is 0 Å². The van der Waals surface area contributed by atoms with Gasteiger partial charge in [-0.15, -0.1) is 0 Å². The van der Waals surface area contributed by atoms with Crippen LogP contribution in [0.15, 0.2) is 182 Å². The molecule has 0 unspecified atom stereocenters. The molecule has 4 nitrogen and oxygen atoms in total. The maximum absolute atomic E-state index is 6.95. The summed E-state index contributed by atoms with van der Waals surface area (Å²) in [6, 6.07) is 64.7. The number of para-hydroxylation sites is 2. The molecule has 3 aliphatic rings. The van der Waals surface area contributed by atoms with E-state index in [4.69, 9.17) is 19.7 Å². The molecule has 0 bridgehead atoms. The number of benzene rings is 8. The maximum atomic E-state index is 6.95. The Balaban J connectivity index is 0.978. The number of aromatic nitrogens is 3. The Hall–Kier alpha value is -7.43. The molecule has 12 rings (SSSR count). The summed E-state index contributed by atoms with van der Waals surface area (Å²) in [4.78, 5) is 15.3. The Morgan fingerprint density at radius 3 is 1.78 bits per heavy atom. The van der Waals surface area contributed by atoms with Gasteiger partial charge in [-0.1, -0.05) is 176 Å². The fourth-order valence-electron chi connectivity index (χ4n) is 9.73. The average Bonchev–Trinajstić information content (AvgIpc) is 3.59. The molecule has 0 fully saturated rings. The minimum atomic E-state index is -0.510. The second-order valence-electron chi connectivity index (χ2n) is 15.4. The molecule has 1 aliphatic heterocycles. The van der Waals surface area contributed by atoms with Gasteiger partial charge in [-0.05, 0) is 80.3 Å². The van der Waals surface area contributed by atoms with Crippen molar-refractivity contribution >= 4 is 22.4 Å². The largest absolute Gasteiger partial charge is 0.456 e. The van der Waals surface area contributed by atoms with E-state index in [9.17, 15) is 0 Å². The lowest BCUT2D eigenvalue weighted by Crippen LogP contribution is -2.32. The first-order valence-electron chi connectivity index (χ1n) is 20.0. The lowest BCUT2D eigenvalue weighted by molar-refractivity contribution is 0.438. The van der Waals surface area contributed by atoms with Crippen LogP contribution in [0.2, 0.25) is 0 Å². The van der Waals surface area contributed by atoms with Crippen LogP contribution in [-0.4, -0.2) is 15.0 Å². The number of hydrogen-bond donors (Lipinski definition) is 0. The maximum Gasteiger partial charge on any atom is 0.164 e. The van der Waals surface area contributed by atoms with Crippen LogP contribution >= 0.6 is 0 Å². The zero-order chi connectivity index (χ0) is 38.2. The molecule has 0 amide bonds. The zero-order valence-corrected chi connectivity index (χ0v) is 31.6. The second kappa shape index (κ2) is 12.8. The molecule has 0 N–H and O–H groups in total. The monoisotopic (exact) mass is 741 g/mol. The number of fused-ring (bicyclic) bond motifs is 12. The van der Waals surface area contributed by atoms with E-state index in [1.165, 1.54) is 44.2 Å². The molecule has 0 saturated carbocycles. The van der Waals surface area contributed by atoms with Gasteiger partial charge in [0.1, 0.15) is 11.5 Å². The predicted octanol–water partition coefficient (Wildman–Crippen LogP) is 13.0. The van der Waals surface area contributed by atoms with Gasteiger partial charge >= 0.3 is 0 Å². The summed E-state index contributed by atoms with van der Waals surface area (Å²) in [7, 11) is 0. The van der Waals surface area contributed by atoms with E-state index in [-0.39, 0.29) is 0 Å². The molecule has 4 heteroatoms. The van der Waals surface area contributed by atoms with Gasteiger partial charge in [0.05, 0.1) is 5.41 Å². The van der Waals surface area contributed by atoms with Crippen molar-refractivity contribution < 1.29 is 4.74 Å². The van der Waals surface area contributed by atoms with Crippen molar-refractivity contribution in [1.29, 1.82) is 0 Å². The first-order valence-corrected chi connectivity index (χ1v) is 20.0. The number of aryl methyl sites for hydroxylation is 1. The third-order valence-electron chi connectivity index (χ3n) is 12.3. The van der Waals surface area contributed by atoms with Gasteiger partial charge in [0.2, 0.25) is 0 Å². The van der Waals surface area contributed by atoms with Crippen molar-refractivity contribution in [3.63, 3.8) is 0 Å². The van der Waals surface area contributed by atoms with Crippen LogP contribution in [0, 0.1) is 0 Å². The van der Waals surface area contributed by atoms with Gasteiger partial charge in [0.25, 0.3) is 0 Å². The average molecular weight is 742 g/mol. The summed E-state index contributed by atoms with van der Waals surface area (Å²) in [5.74, 6) is 3.80. The van der Waals surface area contributed by atoms with Crippen LogP contribution in [0.5, 0.6) is 11.5 Å². The molecule has 0 atom stereocenters. The van der Waals surface area contributed by atoms with E-state index in [0.29, 0.717) is 11.6 Å². The summed E-state index contributed by atoms with van der Waals surface area (Å²) in [6.07, 6.45) is 4.06. The SMILES string of the molecule is C1=C(c2nc(-c3ccccc3)nc(-c3ccc(-c4cccc5c4Oc4ccccc4C54c5ccccc5-c5ccccc54)cc3)n2)CCc2c1ccc1ccccc21. The van der Waals surface area contributed by atoms with Gasteiger partial charge in [0, 0.05) is 27.8 Å². The van der Waals surface area contributed by atoms with E-state index in [2.05, 4.69) is 170 Å². The smallest absolute Gasteiger partial charge is 0.164 e. The molecule has 1 spiro atoms. The lowest BCUT2D eigenvalue weighted by Gasteiger charge is -2.40. The molecule has 0 saturated heterocycles. The van der Waals surface area contributed by atoms with Crippen molar-refractivity contribution in [2.75, 3.05) is 0 Å². The molecular formula is C54H35N3O. The third kappa shape index (κ3) is 4.85. The number of rotatable bonds is 4. The summed E-state index contributed by atoms with van der Waals surface area (Å²) in [5, 5.41) is 2.59. The van der Waals surface area contributed by atoms with Gasteiger partial charge in [-0.3, -0.25) is 0 Å². The highest BCUT2D eigenvalue weighted by Gasteiger charge is 2.51. The summed E-state index contributed by atoms with van der Waals surface area (Å²) >= 11 is 0. The summed E-state index contributed by atoms with van der Waals surface area (Å²) in [5.41, 5.74) is 14.6. The van der Waals surface area contributed by atoms with Crippen LogP contribution < -0.4 is 4.74 Å². The predicted molar refractivity (Wildman–Crippen MR) is 234 cm³/mol. The molecule has 2 aliphatic carbocycles.